The molecule has 0 bridgehead atoms. The molecule has 1 heterocycles. The number of rotatable bonds is 9. The highest BCUT2D eigenvalue weighted by atomic mass is 79.9. The molecule has 0 aliphatic heterocycles. The summed E-state index contributed by atoms with van der Waals surface area (Å²) in [6.07, 6.45) is -3.04. The van der Waals surface area contributed by atoms with Crippen LogP contribution >= 0.6 is 38.9 Å². The molecule has 1 aromatic heterocycles. The van der Waals surface area contributed by atoms with Gasteiger partial charge in [-0.05, 0) is 42.5 Å². The number of nitrogens with zero attached hydrogens (tertiary/aromatic N) is 2. The molecular formula is C26H19BrClF3N4O2S. The van der Waals surface area contributed by atoms with Gasteiger partial charge in [0, 0.05) is 31.7 Å². The Kier molecular flexibility index (Phi) is 9.03. The Balaban J connectivity index is 1.33. The van der Waals surface area contributed by atoms with Crippen molar-refractivity contribution in [1.82, 2.24) is 10.4 Å². The van der Waals surface area contributed by atoms with E-state index in [1.54, 1.807) is 23.6 Å². The lowest BCUT2D eigenvalue weighted by atomic mass is 10.2. The molecular weight excluding hydrogens is 605 g/mol. The van der Waals surface area contributed by atoms with Crippen molar-refractivity contribution < 1.29 is 22.7 Å². The summed E-state index contributed by atoms with van der Waals surface area (Å²) in [7, 11) is 0. The predicted octanol–water partition coefficient (Wildman–Crippen LogP) is 7.59. The first-order valence-electron chi connectivity index (χ1n) is 11.0. The Morgan fingerprint density at radius 3 is 2.74 bits per heavy atom. The number of amides is 1. The molecule has 0 radical (unpaired) electrons. The molecule has 38 heavy (non-hydrogen) atoms. The number of carbonyl (C=O) groups excluding carboxylic acids is 1. The third-order valence-electron chi connectivity index (χ3n) is 5.04. The number of benzene rings is 3. The van der Waals surface area contributed by atoms with Crippen LogP contribution in [0.2, 0.25) is 5.02 Å². The van der Waals surface area contributed by atoms with E-state index in [-0.39, 0.29) is 18.7 Å². The lowest BCUT2D eigenvalue weighted by Gasteiger charge is -2.10. The maximum Gasteiger partial charge on any atom is 0.416 e. The summed E-state index contributed by atoms with van der Waals surface area (Å²) < 4.78 is 45.5. The van der Waals surface area contributed by atoms with Crippen LogP contribution in [0.15, 0.2) is 81.7 Å². The fourth-order valence-electron chi connectivity index (χ4n) is 3.24. The fraction of sp³-hybridized carbons (Fsp3) is 0.115. The van der Waals surface area contributed by atoms with Crippen LogP contribution in [0.1, 0.15) is 22.4 Å². The Morgan fingerprint density at radius 2 is 1.95 bits per heavy atom. The van der Waals surface area contributed by atoms with Crippen LogP contribution in [0.4, 0.5) is 24.0 Å². The average molecular weight is 624 g/mol. The number of halogens is 5. The minimum Gasteiger partial charge on any atom is -0.488 e. The highest BCUT2D eigenvalue weighted by Crippen LogP contribution is 2.32. The van der Waals surface area contributed by atoms with Crippen molar-refractivity contribution in [1.29, 1.82) is 0 Å². The molecule has 1 amide bonds. The van der Waals surface area contributed by atoms with Crippen LogP contribution in [0.3, 0.4) is 0 Å². The predicted molar refractivity (Wildman–Crippen MR) is 146 cm³/mol. The van der Waals surface area contributed by atoms with Crippen molar-refractivity contribution >= 4 is 61.8 Å². The Hall–Kier alpha value is -3.41. The summed E-state index contributed by atoms with van der Waals surface area (Å²) in [5.74, 6) is 0.140. The van der Waals surface area contributed by atoms with E-state index in [9.17, 15) is 18.0 Å². The first kappa shape index (κ1) is 27.6. The molecule has 2 N–H and O–H groups in total. The quantitative estimate of drug-likeness (QED) is 0.149. The molecule has 0 spiro atoms. The smallest absolute Gasteiger partial charge is 0.416 e. The highest BCUT2D eigenvalue weighted by molar-refractivity contribution is 9.10. The Labute approximate surface area is 233 Å². The first-order valence-corrected chi connectivity index (χ1v) is 13.1. The van der Waals surface area contributed by atoms with E-state index in [0.29, 0.717) is 27.2 Å². The van der Waals surface area contributed by atoms with E-state index >= 15 is 0 Å². The van der Waals surface area contributed by atoms with Crippen LogP contribution in [0.5, 0.6) is 5.75 Å². The zero-order valence-electron chi connectivity index (χ0n) is 19.4. The van der Waals surface area contributed by atoms with Gasteiger partial charge in [-0.25, -0.2) is 10.4 Å². The molecule has 0 saturated heterocycles. The Bertz CT molecular complexity index is 1460. The van der Waals surface area contributed by atoms with Crippen LogP contribution < -0.4 is 15.5 Å². The van der Waals surface area contributed by atoms with E-state index in [1.165, 1.54) is 29.7 Å². The van der Waals surface area contributed by atoms with Gasteiger partial charge in [0.1, 0.15) is 12.4 Å². The number of aromatic nitrogens is 1. The van der Waals surface area contributed by atoms with E-state index < -0.39 is 17.6 Å². The van der Waals surface area contributed by atoms with E-state index in [4.69, 9.17) is 16.3 Å². The van der Waals surface area contributed by atoms with Gasteiger partial charge in [-0.15, -0.1) is 11.3 Å². The van der Waals surface area contributed by atoms with Crippen LogP contribution in [0.25, 0.3) is 0 Å². The standard InChI is InChI=1S/C26H19BrClF3N4O2S/c27-19-8-9-23(37-14-16-4-1-2-7-22(16)28)17(10-19)13-32-35-24(36)12-21-15-38-25(34-21)33-20-6-3-5-18(11-20)26(29,30)31/h1-11,13,15H,12,14H2,(H,33,34)(H,35,36)/b32-13-. The van der Waals surface area contributed by atoms with Gasteiger partial charge in [-0.2, -0.15) is 18.3 Å². The number of hydrazone groups is 1. The number of nitrogens with one attached hydrogen (secondary N) is 2. The SMILES string of the molecule is O=C(Cc1csc(Nc2cccc(C(F)(F)F)c2)n1)N/N=C\c1cc(Br)ccc1OCc1ccccc1Cl. The monoisotopic (exact) mass is 622 g/mol. The molecule has 0 aliphatic rings. The van der Waals surface area contributed by atoms with Gasteiger partial charge in [0.25, 0.3) is 0 Å². The zero-order chi connectivity index (χ0) is 27.1. The van der Waals surface area contributed by atoms with Gasteiger partial charge < -0.3 is 10.1 Å². The lowest BCUT2D eigenvalue weighted by Crippen LogP contribution is -2.20. The lowest BCUT2D eigenvalue weighted by molar-refractivity contribution is -0.137. The normalized spacial score (nSPS) is 11.5. The molecule has 4 aromatic rings. The van der Waals surface area contributed by atoms with Gasteiger partial charge in [-0.3, -0.25) is 4.79 Å². The van der Waals surface area contributed by atoms with Crippen molar-refractivity contribution in [3.8, 4) is 5.75 Å². The minimum absolute atomic E-state index is 0.0630. The summed E-state index contributed by atoms with van der Waals surface area (Å²) in [5, 5.41) is 9.47. The van der Waals surface area contributed by atoms with Crippen LogP contribution in [0, 0.1) is 0 Å². The van der Waals surface area contributed by atoms with E-state index in [0.717, 1.165) is 22.2 Å². The van der Waals surface area contributed by atoms with Crippen LogP contribution in [-0.2, 0) is 24.0 Å². The highest BCUT2D eigenvalue weighted by Gasteiger charge is 2.30. The van der Waals surface area contributed by atoms with E-state index in [2.05, 4.69) is 36.8 Å². The van der Waals surface area contributed by atoms with Crippen molar-refractivity contribution in [2.45, 2.75) is 19.2 Å². The number of carbonyl (C=O) groups is 1. The molecule has 0 fully saturated rings. The van der Waals surface area contributed by atoms with Gasteiger partial charge in [0.2, 0.25) is 5.91 Å². The molecule has 196 valence electrons. The summed E-state index contributed by atoms with van der Waals surface area (Å²) in [4.78, 5) is 16.6. The molecule has 0 atom stereocenters. The second-order valence-electron chi connectivity index (χ2n) is 7.88. The summed E-state index contributed by atoms with van der Waals surface area (Å²) in [6.45, 7) is 0.259. The number of anilines is 2. The first-order chi connectivity index (χ1) is 18.2. The largest absolute Gasteiger partial charge is 0.488 e. The number of ether oxygens (including phenoxy) is 1. The van der Waals surface area contributed by atoms with Gasteiger partial charge >= 0.3 is 6.18 Å². The second-order valence-corrected chi connectivity index (χ2v) is 10.1. The van der Waals surface area contributed by atoms with Crippen molar-refractivity contribution in [2.24, 2.45) is 5.10 Å². The molecule has 0 aliphatic carbocycles. The summed E-state index contributed by atoms with van der Waals surface area (Å²) in [5.41, 5.74) is 3.84. The van der Waals surface area contributed by atoms with Crippen LogP contribution in [-0.4, -0.2) is 17.1 Å². The Morgan fingerprint density at radius 1 is 1.13 bits per heavy atom. The second kappa shape index (κ2) is 12.4. The maximum atomic E-state index is 12.9. The van der Waals surface area contributed by atoms with Gasteiger partial charge in [0.05, 0.1) is 23.9 Å². The van der Waals surface area contributed by atoms with Crippen molar-refractivity contribution in [2.75, 3.05) is 5.32 Å². The van der Waals surface area contributed by atoms with Crippen molar-refractivity contribution in [3.05, 3.63) is 104 Å². The number of thiazole rings is 1. The van der Waals surface area contributed by atoms with Gasteiger partial charge in [0.15, 0.2) is 5.13 Å². The minimum atomic E-state index is -4.44. The third kappa shape index (κ3) is 7.80. The number of alkyl halides is 3. The summed E-state index contributed by atoms with van der Waals surface area (Å²) >= 11 is 10.8. The number of hydrogen-bond acceptors (Lipinski definition) is 6. The average Bonchev–Trinajstić information content (AvgIpc) is 3.30. The molecule has 0 unspecified atom stereocenters. The summed E-state index contributed by atoms with van der Waals surface area (Å²) in [6, 6.07) is 17.6. The molecule has 6 nitrogen and oxygen atoms in total. The van der Waals surface area contributed by atoms with Crippen molar-refractivity contribution in [3.63, 3.8) is 0 Å². The van der Waals surface area contributed by atoms with E-state index in [1.807, 2.05) is 24.3 Å². The third-order valence-corrected chi connectivity index (χ3v) is 6.71. The molecule has 12 heteroatoms. The van der Waals surface area contributed by atoms with Gasteiger partial charge in [-0.1, -0.05) is 51.8 Å². The topological polar surface area (TPSA) is 75.6 Å². The molecule has 4 rings (SSSR count). The fourth-order valence-corrected chi connectivity index (χ4v) is 4.54. The molecule has 0 saturated carbocycles. The molecule has 3 aromatic carbocycles. The maximum absolute atomic E-state index is 12.9. The number of hydrogen-bond donors (Lipinski definition) is 2. The zero-order valence-corrected chi connectivity index (χ0v) is 22.6.